The Balaban J connectivity index is 2.16. The average molecular weight is 430 g/mol. The van der Waals surface area contributed by atoms with Gasteiger partial charge in [0.1, 0.15) is 17.7 Å². The predicted molar refractivity (Wildman–Crippen MR) is 89.7 cm³/mol. The van der Waals surface area contributed by atoms with Crippen molar-refractivity contribution in [2.24, 2.45) is 5.73 Å². The minimum Gasteiger partial charge on any atom is -0.368 e. The molecule has 0 aliphatic carbocycles. The maximum atomic E-state index is 13.6. The first-order chi connectivity index (χ1) is 10.9. The van der Waals surface area contributed by atoms with Gasteiger partial charge in [0.15, 0.2) is 0 Å². The van der Waals surface area contributed by atoms with Crippen LogP contribution < -0.4 is 11.1 Å². The fraction of sp³-hybridized carbons (Fsp3) is 0.125. The Bertz CT molecular complexity index is 753. The van der Waals surface area contributed by atoms with Crippen LogP contribution in [-0.2, 0) is 11.2 Å². The second-order valence-electron chi connectivity index (χ2n) is 4.89. The molecule has 0 radical (unpaired) electrons. The number of primary amides is 1. The number of rotatable bonds is 5. The highest BCUT2D eigenvalue weighted by Crippen LogP contribution is 2.12. The molecule has 2 aromatic rings. The van der Waals surface area contributed by atoms with Crippen LogP contribution in [-0.4, -0.2) is 17.9 Å². The van der Waals surface area contributed by atoms with Crippen LogP contribution in [0.25, 0.3) is 0 Å². The Morgan fingerprint density at radius 1 is 1.17 bits per heavy atom. The lowest BCUT2D eigenvalue weighted by Gasteiger charge is -2.16. The Labute approximate surface area is 145 Å². The van der Waals surface area contributed by atoms with Crippen LogP contribution in [0.1, 0.15) is 15.9 Å². The normalized spacial score (nSPS) is 11.8. The first-order valence-corrected chi connectivity index (χ1v) is 7.74. The van der Waals surface area contributed by atoms with E-state index in [9.17, 15) is 18.4 Å². The molecular weight excluding hydrogens is 417 g/mol. The topological polar surface area (TPSA) is 72.2 Å². The first-order valence-electron chi connectivity index (χ1n) is 6.66. The van der Waals surface area contributed by atoms with Gasteiger partial charge in [-0.15, -0.1) is 0 Å². The molecule has 0 fully saturated rings. The molecule has 0 saturated carbocycles. The predicted octanol–water partition coefficient (Wildman–Crippen LogP) is 2.40. The molecule has 0 heterocycles. The molecule has 23 heavy (non-hydrogen) atoms. The van der Waals surface area contributed by atoms with E-state index in [0.717, 1.165) is 21.3 Å². The quantitative estimate of drug-likeness (QED) is 0.716. The number of hydrogen-bond donors (Lipinski definition) is 2. The molecule has 0 aliphatic heterocycles. The molecule has 2 rings (SSSR count). The van der Waals surface area contributed by atoms with Crippen molar-refractivity contribution in [1.29, 1.82) is 0 Å². The summed E-state index contributed by atoms with van der Waals surface area (Å²) in [6.45, 7) is 0. The van der Waals surface area contributed by atoms with E-state index in [2.05, 4.69) is 27.9 Å². The summed E-state index contributed by atoms with van der Waals surface area (Å²) >= 11 is 2.12. The standard InChI is InChI=1S/C16H13F2IN2O2/c17-10-4-5-12(13(18)8-10)16(23)21-14(15(20)22)7-9-2-1-3-11(19)6-9/h1-6,8,14H,7H2,(H2,20,22)(H,21,23)/t14-/m1/s1. The summed E-state index contributed by atoms with van der Waals surface area (Å²) < 4.78 is 27.5. The van der Waals surface area contributed by atoms with Crippen LogP contribution in [0.15, 0.2) is 42.5 Å². The van der Waals surface area contributed by atoms with Gasteiger partial charge in [0.05, 0.1) is 5.56 Å². The molecule has 120 valence electrons. The summed E-state index contributed by atoms with van der Waals surface area (Å²) in [4.78, 5) is 23.6. The third-order valence-electron chi connectivity index (χ3n) is 3.15. The van der Waals surface area contributed by atoms with Crippen molar-refractivity contribution < 1.29 is 18.4 Å². The maximum Gasteiger partial charge on any atom is 0.254 e. The molecule has 1 atom stereocenters. The molecule has 0 aromatic heterocycles. The molecule has 0 spiro atoms. The van der Waals surface area contributed by atoms with E-state index in [1.807, 2.05) is 18.2 Å². The number of amides is 2. The van der Waals surface area contributed by atoms with Crippen LogP contribution in [0, 0.1) is 15.2 Å². The van der Waals surface area contributed by atoms with Crippen molar-refractivity contribution >= 4 is 34.4 Å². The van der Waals surface area contributed by atoms with Gasteiger partial charge in [-0.1, -0.05) is 12.1 Å². The van der Waals surface area contributed by atoms with Gasteiger partial charge in [0.2, 0.25) is 5.91 Å². The zero-order valence-electron chi connectivity index (χ0n) is 11.9. The number of nitrogens with one attached hydrogen (secondary N) is 1. The third kappa shape index (κ3) is 4.72. The number of carbonyl (C=O) groups is 2. The molecule has 0 aliphatic rings. The molecule has 0 unspecified atom stereocenters. The van der Waals surface area contributed by atoms with Crippen molar-refractivity contribution in [3.8, 4) is 0 Å². The lowest BCUT2D eigenvalue weighted by Crippen LogP contribution is -2.46. The van der Waals surface area contributed by atoms with E-state index >= 15 is 0 Å². The Hall–Kier alpha value is -2.03. The Morgan fingerprint density at radius 2 is 1.91 bits per heavy atom. The van der Waals surface area contributed by atoms with Gasteiger partial charge in [-0.05, 0) is 52.4 Å². The van der Waals surface area contributed by atoms with E-state index in [0.29, 0.717) is 6.07 Å². The van der Waals surface area contributed by atoms with Crippen molar-refractivity contribution in [2.45, 2.75) is 12.5 Å². The van der Waals surface area contributed by atoms with Gasteiger partial charge >= 0.3 is 0 Å². The minimum atomic E-state index is -1.00. The van der Waals surface area contributed by atoms with Crippen LogP contribution in [0.5, 0.6) is 0 Å². The molecule has 0 bridgehead atoms. The molecule has 7 heteroatoms. The van der Waals surface area contributed by atoms with Crippen molar-refractivity contribution in [2.75, 3.05) is 0 Å². The highest BCUT2D eigenvalue weighted by molar-refractivity contribution is 14.1. The van der Waals surface area contributed by atoms with Gasteiger partial charge in [-0.25, -0.2) is 8.78 Å². The summed E-state index contributed by atoms with van der Waals surface area (Å²) in [5.74, 6) is -3.35. The lowest BCUT2D eigenvalue weighted by molar-refractivity contribution is -0.119. The third-order valence-corrected chi connectivity index (χ3v) is 3.82. The monoisotopic (exact) mass is 430 g/mol. The average Bonchev–Trinajstić information content (AvgIpc) is 2.46. The van der Waals surface area contributed by atoms with Gasteiger partial charge in [-0.3, -0.25) is 9.59 Å². The van der Waals surface area contributed by atoms with Gasteiger partial charge in [-0.2, -0.15) is 0 Å². The lowest BCUT2D eigenvalue weighted by atomic mass is 10.0. The summed E-state index contributed by atoms with van der Waals surface area (Å²) in [7, 11) is 0. The largest absolute Gasteiger partial charge is 0.368 e. The highest BCUT2D eigenvalue weighted by atomic mass is 127. The second-order valence-corrected chi connectivity index (χ2v) is 6.13. The molecule has 2 amide bonds. The Morgan fingerprint density at radius 3 is 2.52 bits per heavy atom. The fourth-order valence-electron chi connectivity index (χ4n) is 2.03. The van der Waals surface area contributed by atoms with Crippen LogP contribution in [0.4, 0.5) is 8.78 Å². The van der Waals surface area contributed by atoms with E-state index in [1.54, 1.807) is 6.07 Å². The Kier molecular flexibility index (Phi) is 5.64. The van der Waals surface area contributed by atoms with Crippen LogP contribution in [0.3, 0.4) is 0 Å². The highest BCUT2D eigenvalue weighted by Gasteiger charge is 2.21. The summed E-state index contributed by atoms with van der Waals surface area (Å²) in [6, 6.07) is 8.94. The second kappa shape index (κ2) is 7.49. The van der Waals surface area contributed by atoms with Crippen LogP contribution in [0.2, 0.25) is 0 Å². The van der Waals surface area contributed by atoms with Gasteiger partial charge < -0.3 is 11.1 Å². The smallest absolute Gasteiger partial charge is 0.254 e. The number of nitrogens with two attached hydrogens (primary N) is 1. The van der Waals surface area contributed by atoms with E-state index in [1.165, 1.54) is 0 Å². The molecule has 2 aromatic carbocycles. The van der Waals surface area contributed by atoms with Crippen molar-refractivity contribution in [1.82, 2.24) is 5.32 Å². The number of hydrogen-bond acceptors (Lipinski definition) is 2. The van der Waals surface area contributed by atoms with Gasteiger partial charge in [0.25, 0.3) is 5.91 Å². The molecule has 0 saturated heterocycles. The van der Waals surface area contributed by atoms with Crippen LogP contribution >= 0.6 is 22.6 Å². The zero-order chi connectivity index (χ0) is 17.0. The van der Waals surface area contributed by atoms with E-state index in [-0.39, 0.29) is 12.0 Å². The van der Waals surface area contributed by atoms with Crippen molar-refractivity contribution in [3.63, 3.8) is 0 Å². The summed E-state index contributed by atoms with van der Waals surface area (Å²) in [6.07, 6.45) is 0.181. The number of carbonyl (C=O) groups excluding carboxylic acids is 2. The van der Waals surface area contributed by atoms with Gasteiger partial charge in [0, 0.05) is 16.1 Å². The molecular formula is C16H13F2IN2O2. The zero-order valence-corrected chi connectivity index (χ0v) is 14.0. The first kappa shape index (κ1) is 17.3. The molecule has 3 N–H and O–H groups in total. The van der Waals surface area contributed by atoms with E-state index in [4.69, 9.17) is 5.73 Å². The summed E-state index contributed by atoms with van der Waals surface area (Å²) in [5.41, 5.74) is 5.76. The SMILES string of the molecule is NC(=O)[C@@H](Cc1cccc(I)c1)NC(=O)c1ccc(F)cc1F. The number of benzene rings is 2. The number of halogens is 3. The van der Waals surface area contributed by atoms with Crippen molar-refractivity contribution in [3.05, 3.63) is 68.8 Å². The fourth-order valence-corrected chi connectivity index (χ4v) is 2.64. The summed E-state index contributed by atoms with van der Waals surface area (Å²) in [5, 5.41) is 2.38. The van der Waals surface area contributed by atoms with E-state index < -0.39 is 29.5 Å². The maximum absolute atomic E-state index is 13.6. The molecule has 4 nitrogen and oxygen atoms in total. The minimum absolute atomic E-state index is 0.181.